The van der Waals surface area contributed by atoms with E-state index in [0.29, 0.717) is 5.91 Å². The van der Waals surface area contributed by atoms with Gasteiger partial charge in [-0.25, -0.2) is 0 Å². The van der Waals surface area contributed by atoms with Crippen molar-refractivity contribution in [3.63, 3.8) is 0 Å². The van der Waals surface area contributed by atoms with Gasteiger partial charge in [-0.1, -0.05) is 65.8 Å². The molecule has 1 aliphatic rings. The van der Waals surface area contributed by atoms with Crippen molar-refractivity contribution in [3.8, 4) is 0 Å². The Balaban J connectivity index is 2.14. The van der Waals surface area contributed by atoms with E-state index in [1.165, 1.54) is 17.5 Å². The summed E-state index contributed by atoms with van der Waals surface area (Å²) in [6.45, 7) is 14.9. The number of carbonyl (C=O) groups excluding carboxylic acids is 1. The molecule has 2 nitrogen and oxygen atoms in total. The number of amides is 1. The van der Waals surface area contributed by atoms with Crippen LogP contribution in [-0.2, 0) is 16.6 Å². The van der Waals surface area contributed by atoms with Gasteiger partial charge in [-0.2, -0.15) is 0 Å². The maximum Gasteiger partial charge on any atom is 0.225 e. The van der Waals surface area contributed by atoms with Crippen molar-refractivity contribution in [1.29, 1.82) is 0 Å². The normalized spacial score (nSPS) is 22.0. The standard InChI is InChI=1S/C22H35NO/c1-7-22(13-8-14-23(16-22)20(24)17(2)3)15-18-9-11-19(12-10-18)21(4,5)6/h9-12,17H,7-8,13-16H2,1-6H3. The third kappa shape index (κ3) is 4.40. The van der Waals surface area contributed by atoms with Gasteiger partial charge in [0.25, 0.3) is 0 Å². The van der Waals surface area contributed by atoms with Crippen molar-refractivity contribution >= 4 is 5.91 Å². The Morgan fingerprint density at radius 2 is 1.83 bits per heavy atom. The quantitative estimate of drug-likeness (QED) is 0.743. The highest BCUT2D eigenvalue weighted by Gasteiger charge is 2.36. The molecular formula is C22H35NO. The van der Waals surface area contributed by atoms with Crippen LogP contribution in [0, 0.1) is 11.3 Å². The van der Waals surface area contributed by atoms with Crippen LogP contribution in [0.4, 0.5) is 0 Å². The molecule has 0 radical (unpaired) electrons. The van der Waals surface area contributed by atoms with E-state index in [1.807, 2.05) is 13.8 Å². The van der Waals surface area contributed by atoms with Crippen molar-refractivity contribution in [3.05, 3.63) is 35.4 Å². The molecule has 0 spiro atoms. The number of carbonyl (C=O) groups is 1. The van der Waals surface area contributed by atoms with Gasteiger partial charge in [0.2, 0.25) is 5.91 Å². The Labute approximate surface area is 148 Å². The van der Waals surface area contributed by atoms with E-state index in [1.54, 1.807) is 0 Å². The maximum atomic E-state index is 12.4. The number of piperidine rings is 1. The lowest BCUT2D eigenvalue weighted by molar-refractivity contribution is -0.138. The summed E-state index contributed by atoms with van der Waals surface area (Å²) in [7, 11) is 0. The number of benzene rings is 1. The second-order valence-electron chi connectivity index (χ2n) is 9.00. The summed E-state index contributed by atoms with van der Waals surface area (Å²) in [5.41, 5.74) is 3.24. The summed E-state index contributed by atoms with van der Waals surface area (Å²) < 4.78 is 0. The smallest absolute Gasteiger partial charge is 0.225 e. The average molecular weight is 330 g/mol. The van der Waals surface area contributed by atoms with Crippen LogP contribution >= 0.6 is 0 Å². The molecule has 1 fully saturated rings. The summed E-state index contributed by atoms with van der Waals surface area (Å²) in [6.07, 6.45) is 4.57. The number of likely N-dealkylation sites (tertiary alicyclic amines) is 1. The van der Waals surface area contributed by atoms with Crippen molar-refractivity contribution in [2.45, 2.75) is 72.6 Å². The van der Waals surface area contributed by atoms with Crippen molar-refractivity contribution in [2.75, 3.05) is 13.1 Å². The van der Waals surface area contributed by atoms with E-state index < -0.39 is 0 Å². The summed E-state index contributed by atoms with van der Waals surface area (Å²) in [5, 5.41) is 0. The van der Waals surface area contributed by atoms with E-state index in [0.717, 1.165) is 32.4 Å². The van der Waals surface area contributed by atoms with E-state index in [9.17, 15) is 4.79 Å². The second-order valence-corrected chi connectivity index (χ2v) is 9.00. The molecule has 134 valence electrons. The molecule has 0 aromatic heterocycles. The third-order valence-corrected chi connectivity index (χ3v) is 5.62. The fraction of sp³-hybridized carbons (Fsp3) is 0.682. The van der Waals surface area contributed by atoms with Crippen molar-refractivity contribution < 1.29 is 4.79 Å². The average Bonchev–Trinajstić information content (AvgIpc) is 2.54. The Hall–Kier alpha value is -1.31. The molecular weight excluding hydrogens is 294 g/mol. The van der Waals surface area contributed by atoms with Gasteiger partial charge in [0.05, 0.1) is 0 Å². The SMILES string of the molecule is CCC1(Cc2ccc(C(C)(C)C)cc2)CCCN(C(=O)C(C)C)C1. The molecule has 1 amide bonds. The predicted octanol–water partition coefficient (Wildman–Crippen LogP) is 5.20. The second kappa shape index (κ2) is 7.29. The molecule has 1 aromatic rings. The number of hydrogen-bond acceptors (Lipinski definition) is 1. The van der Waals surface area contributed by atoms with Gasteiger partial charge >= 0.3 is 0 Å². The van der Waals surface area contributed by atoms with Gasteiger partial charge in [0.1, 0.15) is 0 Å². The zero-order valence-electron chi connectivity index (χ0n) is 16.5. The Morgan fingerprint density at radius 1 is 1.21 bits per heavy atom. The molecule has 2 heteroatoms. The van der Waals surface area contributed by atoms with Crippen LogP contribution in [0.5, 0.6) is 0 Å². The number of rotatable bonds is 4. The number of nitrogens with zero attached hydrogens (tertiary/aromatic N) is 1. The van der Waals surface area contributed by atoms with Gasteiger partial charge in [-0.15, -0.1) is 0 Å². The van der Waals surface area contributed by atoms with Crippen LogP contribution in [-0.4, -0.2) is 23.9 Å². The minimum atomic E-state index is 0.101. The van der Waals surface area contributed by atoms with Gasteiger partial charge in [-0.05, 0) is 47.6 Å². The third-order valence-electron chi connectivity index (χ3n) is 5.62. The molecule has 24 heavy (non-hydrogen) atoms. The highest BCUT2D eigenvalue weighted by molar-refractivity contribution is 5.78. The van der Waals surface area contributed by atoms with Crippen molar-refractivity contribution in [1.82, 2.24) is 4.90 Å². The topological polar surface area (TPSA) is 20.3 Å². The Kier molecular flexibility index (Phi) is 5.78. The molecule has 2 rings (SSSR count). The lowest BCUT2D eigenvalue weighted by Gasteiger charge is -2.43. The fourth-order valence-corrected chi connectivity index (χ4v) is 3.87. The van der Waals surface area contributed by atoms with Gasteiger partial charge in [-0.3, -0.25) is 4.79 Å². The van der Waals surface area contributed by atoms with E-state index in [-0.39, 0.29) is 16.7 Å². The fourth-order valence-electron chi connectivity index (χ4n) is 3.87. The van der Waals surface area contributed by atoms with Crippen LogP contribution in [0.2, 0.25) is 0 Å². The summed E-state index contributed by atoms with van der Waals surface area (Å²) >= 11 is 0. The van der Waals surface area contributed by atoms with Crippen LogP contribution in [0.1, 0.15) is 71.9 Å². The zero-order valence-corrected chi connectivity index (χ0v) is 16.5. The van der Waals surface area contributed by atoms with Gasteiger partial charge in [0.15, 0.2) is 0 Å². The molecule has 1 heterocycles. The Morgan fingerprint density at radius 3 is 2.33 bits per heavy atom. The van der Waals surface area contributed by atoms with E-state index in [2.05, 4.69) is 56.9 Å². The minimum absolute atomic E-state index is 0.101. The zero-order chi connectivity index (χ0) is 18.0. The van der Waals surface area contributed by atoms with Crippen LogP contribution in [0.25, 0.3) is 0 Å². The monoisotopic (exact) mass is 329 g/mol. The molecule has 0 bridgehead atoms. The largest absolute Gasteiger partial charge is 0.342 e. The lowest BCUT2D eigenvalue weighted by Crippen LogP contribution is -2.48. The molecule has 1 aliphatic heterocycles. The lowest BCUT2D eigenvalue weighted by atomic mass is 9.72. The van der Waals surface area contributed by atoms with Crippen LogP contribution in [0.3, 0.4) is 0 Å². The first kappa shape index (κ1) is 19.0. The molecule has 0 saturated carbocycles. The molecule has 0 aliphatic carbocycles. The van der Waals surface area contributed by atoms with Crippen molar-refractivity contribution in [2.24, 2.45) is 11.3 Å². The molecule has 0 N–H and O–H groups in total. The minimum Gasteiger partial charge on any atom is -0.342 e. The first-order valence-corrected chi connectivity index (χ1v) is 9.55. The first-order chi connectivity index (χ1) is 11.2. The van der Waals surface area contributed by atoms with E-state index >= 15 is 0 Å². The first-order valence-electron chi connectivity index (χ1n) is 9.55. The van der Waals surface area contributed by atoms with Gasteiger partial charge in [0, 0.05) is 19.0 Å². The molecule has 1 saturated heterocycles. The highest BCUT2D eigenvalue weighted by atomic mass is 16.2. The molecule has 1 atom stereocenters. The van der Waals surface area contributed by atoms with Crippen LogP contribution in [0.15, 0.2) is 24.3 Å². The van der Waals surface area contributed by atoms with E-state index in [4.69, 9.17) is 0 Å². The Bertz CT molecular complexity index is 552. The summed E-state index contributed by atoms with van der Waals surface area (Å²) in [5.74, 6) is 0.416. The predicted molar refractivity (Wildman–Crippen MR) is 102 cm³/mol. The highest BCUT2D eigenvalue weighted by Crippen LogP contribution is 2.37. The molecule has 1 aromatic carbocycles. The number of hydrogen-bond donors (Lipinski definition) is 0. The molecule has 1 unspecified atom stereocenters. The van der Waals surface area contributed by atoms with Gasteiger partial charge < -0.3 is 4.90 Å². The summed E-state index contributed by atoms with van der Waals surface area (Å²) in [4.78, 5) is 14.5. The maximum absolute atomic E-state index is 12.4. The van der Waals surface area contributed by atoms with Crippen LogP contribution < -0.4 is 0 Å². The summed E-state index contributed by atoms with van der Waals surface area (Å²) in [6, 6.07) is 9.14.